The molecular weight excluding hydrogens is 198 g/mol. The Morgan fingerprint density at radius 3 is 2.12 bits per heavy atom. The van der Waals surface area contributed by atoms with Gasteiger partial charge in [0.15, 0.2) is 0 Å². The topological polar surface area (TPSA) is 20.3 Å². The lowest BCUT2D eigenvalue weighted by molar-refractivity contribution is -0.132. The molecule has 0 aromatic carbocycles. The van der Waals surface area contributed by atoms with Crippen molar-refractivity contribution in [2.45, 2.75) is 54.4 Å². The third-order valence-electron chi connectivity index (χ3n) is 2.93. The predicted octanol–water partition coefficient (Wildman–Crippen LogP) is 3.32. The molecule has 1 rings (SSSR count). The van der Waals surface area contributed by atoms with Gasteiger partial charge < -0.3 is 4.90 Å². The van der Waals surface area contributed by atoms with Crippen molar-refractivity contribution in [1.29, 1.82) is 0 Å². The lowest BCUT2D eigenvalue weighted by atomic mass is 9.84. The third-order valence-corrected chi connectivity index (χ3v) is 2.93. The summed E-state index contributed by atoms with van der Waals surface area (Å²) >= 11 is 0. The van der Waals surface area contributed by atoms with E-state index < -0.39 is 0 Å². The summed E-state index contributed by atoms with van der Waals surface area (Å²) < 4.78 is 0. The molecule has 94 valence electrons. The van der Waals surface area contributed by atoms with Crippen LogP contribution in [0.4, 0.5) is 0 Å². The van der Waals surface area contributed by atoms with Gasteiger partial charge in [-0.05, 0) is 23.7 Å². The summed E-state index contributed by atoms with van der Waals surface area (Å²) in [5, 5.41) is 0. The molecule has 1 aliphatic heterocycles. The van der Waals surface area contributed by atoms with Crippen LogP contribution in [0.1, 0.15) is 54.4 Å². The van der Waals surface area contributed by atoms with E-state index in [9.17, 15) is 4.79 Å². The molecule has 2 heteroatoms. The standard InChI is InChI=1S/C14H27NO/c1-13(2,3)9-11-7-8-15(12(11)16)10-14(4,5)6/h11H,7-10H2,1-6H3. The number of nitrogens with zero attached hydrogens (tertiary/aromatic N) is 1. The maximum Gasteiger partial charge on any atom is 0.225 e. The van der Waals surface area contributed by atoms with E-state index >= 15 is 0 Å². The van der Waals surface area contributed by atoms with E-state index in [0.29, 0.717) is 5.91 Å². The Labute approximate surface area is 100 Å². The van der Waals surface area contributed by atoms with Gasteiger partial charge in [0.1, 0.15) is 0 Å². The van der Waals surface area contributed by atoms with E-state index in [0.717, 1.165) is 25.9 Å². The maximum atomic E-state index is 12.2. The average Bonchev–Trinajstić information content (AvgIpc) is 2.30. The zero-order valence-electron chi connectivity index (χ0n) is 11.8. The molecule has 1 unspecified atom stereocenters. The van der Waals surface area contributed by atoms with Crippen LogP contribution in [0.2, 0.25) is 0 Å². The smallest absolute Gasteiger partial charge is 0.225 e. The van der Waals surface area contributed by atoms with Crippen molar-refractivity contribution in [3.63, 3.8) is 0 Å². The fourth-order valence-electron chi connectivity index (χ4n) is 2.46. The van der Waals surface area contributed by atoms with Crippen LogP contribution in [-0.2, 0) is 4.79 Å². The van der Waals surface area contributed by atoms with Crippen molar-refractivity contribution in [2.24, 2.45) is 16.7 Å². The molecule has 0 radical (unpaired) electrons. The number of hydrogen-bond acceptors (Lipinski definition) is 1. The van der Waals surface area contributed by atoms with Gasteiger partial charge in [-0.15, -0.1) is 0 Å². The molecule has 1 saturated heterocycles. The van der Waals surface area contributed by atoms with Crippen LogP contribution in [0.15, 0.2) is 0 Å². The molecule has 0 spiro atoms. The van der Waals surface area contributed by atoms with Crippen molar-refractivity contribution < 1.29 is 4.79 Å². The van der Waals surface area contributed by atoms with Crippen LogP contribution in [0.5, 0.6) is 0 Å². The van der Waals surface area contributed by atoms with Gasteiger partial charge in [-0.2, -0.15) is 0 Å². The van der Waals surface area contributed by atoms with E-state index in [4.69, 9.17) is 0 Å². The summed E-state index contributed by atoms with van der Waals surface area (Å²) in [4.78, 5) is 14.2. The van der Waals surface area contributed by atoms with Crippen molar-refractivity contribution in [3.05, 3.63) is 0 Å². The molecule has 0 N–H and O–H groups in total. The Morgan fingerprint density at radius 1 is 1.12 bits per heavy atom. The highest BCUT2D eigenvalue weighted by Crippen LogP contribution is 2.32. The normalized spacial score (nSPS) is 23.0. The van der Waals surface area contributed by atoms with Gasteiger partial charge in [0.2, 0.25) is 5.91 Å². The van der Waals surface area contributed by atoms with Gasteiger partial charge in [-0.3, -0.25) is 4.79 Å². The molecule has 1 aliphatic rings. The van der Waals surface area contributed by atoms with Crippen LogP contribution in [0, 0.1) is 16.7 Å². The van der Waals surface area contributed by atoms with E-state index in [1.54, 1.807) is 0 Å². The highest BCUT2D eigenvalue weighted by Gasteiger charge is 2.35. The lowest BCUT2D eigenvalue weighted by Gasteiger charge is -2.27. The minimum absolute atomic E-state index is 0.215. The fourth-order valence-corrected chi connectivity index (χ4v) is 2.46. The number of carbonyl (C=O) groups is 1. The van der Waals surface area contributed by atoms with Gasteiger partial charge in [0.25, 0.3) is 0 Å². The summed E-state index contributed by atoms with van der Waals surface area (Å²) in [5.41, 5.74) is 0.477. The molecule has 0 aromatic rings. The Hall–Kier alpha value is -0.530. The van der Waals surface area contributed by atoms with Gasteiger partial charge in [0.05, 0.1) is 0 Å². The molecule has 0 bridgehead atoms. The summed E-state index contributed by atoms with van der Waals surface area (Å²) in [7, 11) is 0. The number of hydrogen-bond donors (Lipinski definition) is 0. The van der Waals surface area contributed by atoms with Crippen LogP contribution in [0.25, 0.3) is 0 Å². The number of likely N-dealkylation sites (tertiary alicyclic amines) is 1. The van der Waals surface area contributed by atoms with Crippen molar-refractivity contribution in [3.8, 4) is 0 Å². The Kier molecular flexibility index (Phi) is 3.71. The zero-order chi connectivity index (χ0) is 12.6. The molecule has 16 heavy (non-hydrogen) atoms. The van der Waals surface area contributed by atoms with E-state index in [2.05, 4.69) is 46.4 Å². The third kappa shape index (κ3) is 4.15. The molecule has 1 fully saturated rings. The highest BCUT2D eigenvalue weighted by molar-refractivity contribution is 5.80. The second-order valence-corrected chi connectivity index (χ2v) is 7.57. The SMILES string of the molecule is CC(C)(C)CC1CCN(CC(C)(C)C)C1=O. The van der Waals surface area contributed by atoms with Crippen LogP contribution in [-0.4, -0.2) is 23.9 Å². The molecular formula is C14H27NO. The van der Waals surface area contributed by atoms with Gasteiger partial charge in [-0.1, -0.05) is 41.5 Å². The highest BCUT2D eigenvalue weighted by atomic mass is 16.2. The minimum atomic E-state index is 0.215. The maximum absolute atomic E-state index is 12.2. The average molecular weight is 225 g/mol. The van der Waals surface area contributed by atoms with Crippen LogP contribution >= 0.6 is 0 Å². The molecule has 0 saturated carbocycles. The van der Waals surface area contributed by atoms with E-state index in [1.807, 2.05) is 0 Å². The first-order valence-electron chi connectivity index (χ1n) is 6.37. The zero-order valence-corrected chi connectivity index (χ0v) is 11.8. The van der Waals surface area contributed by atoms with Gasteiger partial charge >= 0.3 is 0 Å². The summed E-state index contributed by atoms with van der Waals surface area (Å²) in [6.45, 7) is 15.1. The molecule has 0 aromatic heterocycles. The second kappa shape index (κ2) is 4.38. The van der Waals surface area contributed by atoms with Crippen LogP contribution < -0.4 is 0 Å². The summed E-state index contributed by atoms with van der Waals surface area (Å²) in [6, 6.07) is 0. The number of rotatable bonds is 2. The number of carbonyl (C=O) groups excluding carboxylic acids is 1. The Balaban J connectivity index is 2.55. The fraction of sp³-hybridized carbons (Fsp3) is 0.929. The quantitative estimate of drug-likeness (QED) is 0.706. The minimum Gasteiger partial charge on any atom is -0.342 e. The molecule has 1 atom stereocenters. The molecule has 1 amide bonds. The Morgan fingerprint density at radius 2 is 1.69 bits per heavy atom. The van der Waals surface area contributed by atoms with Crippen molar-refractivity contribution in [2.75, 3.05) is 13.1 Å². The monoisotopic (exact) mass is 225 g/mol. The second-order valence-electron chi connectivity index (χ2n) is 7.57. The summed E-state index contributed by atoms with van der Waals surface area (Å²) in [5.74, 6) is 0.646. The first-order chi connectivity index (χ1) is 7.08. The first-order valence-corrected chi connectivity index (χ1v) is 6.37. The predicted molar refractivity (Wildman–Crippen MR) is 68.2 cm³/mol. The van der Waals surface area contributed by atoms with Crippen molar-refractivity contribution >= 4 is 5.91 Å². The summed E-state index contributed by atoms with van der Waals surface area (Å²) in [6.07, 6.45) is 2.07. The molecule has 2 nitrogen and oxygen atoms in total. The van der Waals surface area contributed by atoms with Crippen LogP contribution in [0.3, 0.4) is 0 Å². The van der Waals surface area contributed by atoms with Gasteiger partial charge in [0, 0.05) is 19.0 Å². The van der Waals surface area contributed by atoms with Gasteiger partial charge in [-0.25, -0.2) is 0 Å². The number of amides is 1. The van der Waals surface area contributed by atoms with Crippen molar-refractivity contribution in [1.82, 2.24) is 4.90 Å². The Bertz CT molecular complexity index is 231. The first kappa shape index (κ1) is 13.5. The van der Waals surface area contributed by atoms with E-state index in [-0.39, 0.29) is 16.7 Å². The molecule has 1 heterocycles. The van der Waals surface area contributed by atoms with E-state index in [1.165, 1.54) is 0 Å². The largest absolute Gasteiger partial charge is 0.342 e. The molecule has 0 aliphatic carbocycles. The lowest BCUT2D eigenvalue weighted by Crippen LogP contribution is -2.35.